The summed E-state index contributed by atoms with van der Waals surface area (Å²) in [4.78, 5) is 30.6. The zero-order valence-corrected chi connectivity index (χ0v) is 17.8. The summed E-state index contributed by atoms with van der Waals surface area (Å²) in [6.07, 6.45) is 4.24. The summed E-state index contributed by atoms with van der Waals surface area (Å²) in [5.41, 5.74) is 3.14. The van der Waals surface area contributed by atoms with Crippen LogP contribution in [0, 0.1) is 0 Å². The lowest BCUT2D eigenvalue weighted by Crippen LogP contribution is -2.42. The molecule has 29 heavy (non-hydrogen) atoms. The van der Waals surface area contributed by atoms with Crippen LogP contribution in [0.25, 0.3) is 0 Å². The molecule has 0 aliphatic carbocycles. The molecule has 0 saturated carbocycles. The highest BCUT2D eigenvalue weighted by Gasteiger charge is 2.28. The van der Waals surface area contributed by atoms with Crippen LogP contribution in [0.5, 0.6) is 0 Å². The summed E-state index contributed by atoms with van der Waals surface area (Å²) in [6, 6.07) is 10.2. The van der Waals surface area contributed by atoms with Crippen molar-refractivity contribution in [2.45, 2.75) is 45.2 Å². The highest BCUT2D eigenvalue weighted by Crippen LogP contribution is 2.34. The summed E-state index contributed by atoms with van der Waals surface area (Å²) in [6.45, 7) is 5.77. The molecule has 1 unspecified atom stereocenters. The molecule has 0 spiro atoms. The van der Waals surface area contributed by atoms with Crippen molar-refractivity contribution in [3.63, 3.8) is 0 Å². The molecule has 3 heterocycles. The van der Waals surface area contributed by atoms with E-state index in [4.69, 9.17) is 0 Å². The molecule has 1 N–H and O–H groups in total. The Balaban J connectivity index is 1.29. The quantitative estimate of drug-likeness (QED) is 0.790. The summed E-state index contributed by atoms with van der Waals surface area (Å²) in [5, 5.41) is 5.20. The number of rotatable bonds is 6. The van der Waals surface area contributed by atoms with Crippen molar-refractivity contribution in [3.05, 3.63) is 57.3 Å². The molecule has 1 aromatic carbocycles. The summed E-state index contributed by atoms with van der Waals surface area (Å²) in [5.74, 6) is 0.168. The maximum Gasteiger partial charge on any atom is 0.253 e. The van der Waals surface area contributed by atoms with Gasteiger partial charge in [0.2, 0.25) is 5.91 Å². The van der Waals surface area contributed by atoms with Gasteiger partial charge in [0.15, 0.2) is 0 Å². The molecular weight excluding hydrogens is 382 g/mol. The average molecular weight is 412 g/mol. The Hall–Kier alpha value is -2.18. The predicted molar refractivity (Wildman–Crippen MR) is 116 cm³/mol. The van der Waals surface area contributed by atoms with Crippen LogP contribution in [-0.2, 0) is 17.8 Å². The maximum atomic E-state index is 12.5. The Morgan fingerprint density at radius 3 is 2.59 bits per heavy atom. The first-order chi connectivity index (χ1) is 14.2. The second-order valence-corrected chi connectivity index (χ2v) is 8.92. The molecule has 5 nitrogen and oxygen atoms in total. The molecule has 2 amide bonds. The van der Waals surface area contributed by atoms with E-state index >= 15 is 0 Å². The predicted octanol–water partition coefficient (Wildman–Crippen LogP) is 3.61. The zero-order valence-electron chi connectivity index (χ0n) is 17.0. The van der Waals surface area contributed by atoms with E-state index < -0.39 is 0 Å². The monoisotopic (exact) mass is 411 g/mol. The minimum Gasteiger partial charge on any atom is -0.351 e. The number of hydrogen-bond donors (Lipinski definition) is 1. The van der Waals surface area contributed by atoms with Crippen molar-refractivity contribution >= 4 is 23.2 Å². The minimum atomic E-state index is 0.0550. The number of nitrogens with one attached hydrogen (secondary N) is 1. The third-order valence-electron chi connectivity index (χ3n) is 6.02. The Morgan fingerprint density at radius 1 is 1.10 bits per heavy atom. The van der Waals surface area contributed by atoms with Gasteiger partial charge in [-0.15, -0.1) is 11.3 Å². The van der Waals surface area contributed by atoms with Crippen LogP contribution in [0.4, 0.5) is 0 Å². The fourth-order valence-corrected chi connectivity index (χ4v) is 5.35. The fourth-order valence-electron chi connectivity index (χ4n) is 4.42. The molecule has 154 valence electrons. The number of carbonyl (C=O) groups is 2. The Kier molecular flexibility index (Phi) is 6.31. The number of nitrogens with zero attached hydrogens (tertiary/aromatic N) is 2. The van der Waals surface area contributed by atoms with Gasteiger partial charge in [-0.1, -0.05) is 19.1 Å². The minimum absolute atomic E-state index is 0.0550. The van der Waals surface area contributed by atoms with Crippen molar-refractivity contribution in [3.8, 4) is 0 Å². The van der Waals surface area contributed by atoms with Crippen LogP contribution >= 0.6 is 11.3 Å². The van der Waals surface area contributed by atoms with Gasteiger partial charge in [-0.05, 0) is 60.4 Å². The third-order valence-corrected chi connectivity index (χ3v) is 7.02. The molecule has 0 bridgehead atoms. The number of carbonyl (C=O) groups excluding carboxylic acids is 2. The average Bonchev–Trinajstić information content (AvgIpc) is 3.44. The lowest BCUT2D eigenvalue weighted by atomic mass is 9.98. The van der Waals surface area contributed by atoms with Gasteiger partial charge in [0.05, 0.1) is 6.54 Å². The number of likely N-dealkylation sites (tertiary alicyclic amines) is 1. The largest absolute Gasteiger partial charge is 0.351 e. The molecule has 1 aromatic heterocycles. The van der Waals surface area contributed by atoms with E-state index in [1.807, 2.05) is 40.5 Å². The first-order valence-electron chi connectivity index (χ1n) is 10.6. The van der Waals surface area contributed by atoms with Crippen molar-refractivity contribution < 1.29 is 9.59 Å². The molecule has 6 heteroatoms. The van der Waals surface area contributed by atoms with Crippen LogP contribution in [0.15, 0.2) is 35.7 Å². The highest BCUT2D eigenvalue weighted by atomic mass is 32.1. The normalized spacial score (nSPS) is 19.2. The first kappa shape index (κ1) is 20.1. The van der Waals surface area contributed by atoms with E-state index in [9.17, 15) is 9.59 Å². The number of thiophene rings is 1. The molecule has 2 aliphatic rings. The van der Waals surface area contributed by atoms with E-state index in [2.05, 4.69) is 28.6 Å². The van der Waals surface area contributed by atoms with E-state index in [1.165, 1.54) is 10.4 Å². The van der Waals surface area contributed by atoms with Crippen LogP contribution in [-0.4, -0.2) is 47.8 Å². The second kappa shape index (κ2) is 9.09. The van der Waals surface area contributed by atoms with Crippen molar-refractivity contribution in [1.82, 2.24) is 15.1 Å². The lowest BCUT2D eigenvalue weighted by Gasteiger charge is -2.34. The Labute approximate surface area is 176 Å². The topological polar surface area (TPSA) is 52.7 Å². The lowest BCUT2D eigenvalue weighted by molar-refractivity contribution is -0.123. The van der Waals surface area contributed by atoms with E-state index in [1.54, 1.807) is 0 Å². The van der Waals surface area contributed by atoms with Crippen LogP contribution in [0.3, 0.4) is 0 Å². The molecular formula is C23H29N3O2S. The Bertz CT molecular complexity index is 855. The molecule has 1 saturated heterocycles. The summed E-state index contributed by atoms with van der Waals surface area (Å²) < 4.78 is 0. The van der Waals surface area contributed by atoms with Gasteiger partial charge in [-0.25, -0.2) is 0 Å². The SMILES string of the molecule is CCC1c2ccsc2CCN1CC(=O)NCc1ccc(C(=O)N2CCCC2)cc1. The van der Waals surface area contributed by atoms with Crippen LogP contribution in [0.2, 0.25) is 0 Å². The number of benzene rings is 1. The van der Waals surface area contributed by atoms with Gasteiger partial charge in [-0.3, -0.25) is 14.5 Å². The van der Waals surface area contributed by atoms with Gasteiger partial charge in [-0.2, -0.15) is 0 Å². The summed E-state index contributed by atoms with van der Waals surface area (Å²) in [7, 11) is 0. The van der Waals surface area contributed by atoms with Crippen molar-refractivity contribution in [2.24, 2.45) is 0 Å². The molecule has 1 fully saturated rings. The number of fused-ring (bicyclic) bond motifs is 1. The molecule has 2 aliphatic heterocycles. The van der Waals surface area contributed by atoms with Gasteiger partial charge in [0.25, 0.3) is 5.91 Å². The van der Waals surface area contributed by atoms with Gasteiger partial charge >= 0.3 is 0 Å². The third kappa shape index (κ3) is 4.54. The maximum absolute atomic E-state index is 12.5. The number of hydrogen-bond acceptors (Lipinski definition) is 4. The highest BCUT2D eigenvalue weighted by molar-refractivity contribution is 7.10. The first-order valence-corrected chi connectivity index (χ1v) is 11.5. The smallest absolute Gasteiger partial charge is 0.253 e. The van der Waals surface area contributed by atoms with E-state index in [0.717, 1.165) is 56.4 Å². The Morgan fingerprint density at radius 2 is 1.86 bits per heavy atom. The van der Waals surface area contributed by atoms with E-state index in [-0.39, 0.29) is 11.8 Å². The number of amides is 2. The van der Waals surface area contributed by atoms with Crippen LogP contribution < -0.4 is 5.32 Å². The molecule has 0 radical (unpaired) electrons. The van der Waals surface area contributed by atoms with Crippen LogP contribution in [0.1, 0.15) is 58.6 Å². The van der Waals surface area contributed by atoms with Gasteiger partial charge < -0.3 is 10.2 Å². The van der Waals surface area contributed by atoms with Crippen molar-refractivity contribution in [1.29, 1.82) is 0 Å². The van der Waals surface area contributed by atoms with Gasteiger partial charge in [0.1, 0.15) is 0 Å². The molecule has 4 rings (SSSR count). The second-order valence-electron chi connectivity index (χ2n) is 7.92. The van der Waals surface area contributed by atoms with Crippen molar-refractivity contribution in [2.75, 3.05) is 26.2 Å². The van der Waals surface area contributed by atoms with E-state index in [0.29, 0.717) is 19.1 Å². The zero-order chi connectivity index (χ0) is 20.2. The standard InChI is InChI=1S/C23H29N3O2S/c1-2-20-19-10-14-29-21(19)9-13-26(20)16-22(27)24-15-17-5-7-18(8-6-17)23(28)25-11-3-4-12-25/h5-8,10,14,20H,2-4,9,11-13,15-16H2,1H3,(H,24,27). The summed E-state index contributed by atoms with van der Waals surface area (Å²) >= 11 is 1.83. The van der Waals surface area contributed by atoms with Gasteiger partial charge in [0, 0.05) is 42.7 Å². The molecule has 1 atom stereocenters. The molecule has 2 aromatic rings. The fraction of sp³-hybridized carbons (Fsp3) is 0.478.